The lowest BCUT2D eigenvalue weighted by atomic mass is 9.78. The highest BCUT2D eigenvalue weighted by molar-refractivity contribution is 7.97. The van der Waals surface area contributed by atoms with Crippen LogP contribution in [0.3, 0.4) is 0 Å². The predicted molar refractivity (Wildman–Crippen MR) is 548 cm³/mol. The Balaban J connectivity index is -0.000000411. The van der Waals surface area contributed by atoms with Gasteiger partial charge in [0.2, 0.25) is 0 Å². The van der Waals surface area contributed by atoms with E-state index < -0.39 is 17.8 Å². The Bertz CT molecular complexity index is 4100. The Labute approximate surface area is 757 Å². The van der Waals surface area contributed by atoms with E-state index in [-0.39, 0.29) is 10.8 Å². The van der Waals surface area contributed by atoms with Crippen LogP contribution in [0.25, 0.3) is 43.1 Å². The molecule has 0 atom stereocenters. The second-order valence-electron chi connectivity index (χ2n) is 31.7. The topological polar surface area (TPSA) is 9.23 Å². The van der Waals surface area contributed by atoms with E-state index in [1.807, 2.05) is 132 Å². The first-order valence-corrected chi connectivity index (χ1v) is 50.6. The Hall–Kier alpha value is -6.77. The molecule has 13 rings (SSSR count). The van der Waals surface area contributed by atoms with Gasteiger partial charge < -0.3 is 4.74 Å². The number of benzene rings is 7. The lowest BCUT2D eigenvalue weighted by Gasteiger charge is -2.28. The van der Waals surface area contributed by atoms with E-state index in [0.717, 1.165) is 12.3 Å². The van der Waals surface area contributed by atoms with Gasteiger partial charge in [0.05, 0.1) is 12.8 Å². The molecule has 0 amide bonds. The van der Waals surface area contributed by atoms with Crippen LogP contribution in [0.2, 0.25) is 13.1 Å². The summed E-state index contributed by atoms with van der Waals surface area (Å²) in [5.41, 5.74) is 24.1. The summed E-state index contributed by atoms with van der Waals surface area (Å²) in [6, 6.07) is 65.9. The maximum atomic E-state index is 11.2. The van der Waals surface area contributed by atoms with E-state index >= 15 is 0 Å². The first-order chi connectivity index (χ1) is 57.0. The number of methoxy groups -OCH3 is 1. The minimum atomic E-state index is -4.89. The van der Waals surface area contributed by atoms with Crippen molar-refractivity contribution in [1.29, 1.82) is 0 Å². The van der Waals surface area contributed by atoms with Crippen molar-refractivity contribution in [2.75, 3.05) is 33.9 Å². The molecule has 0 saturated heterocycles. The average molecular weight is 1760 g/mol. The fourth-order valence-corrected chi connectivity index (χ4v) is 14.4. The molecule has 1 fully saturated rings. The van der Waals surface area contributed by atoms with Crippen molar-refractivity contribution in [3.63, 3.8) is 0 Å². The van der Waals surface area contributed by atoms with Gasteiger partial charge in [0.25, 0.3) is 6.08 Å². The molecule has 121 heavy (non-hydrogen) atoms. The highest BCUT2D eigenvalue weighted by Crippen LogP contribution is 2.50. The van der Waals surface area contributed by atoms with Gasteiger partial charge in [-0.05, 0) is 237 Å². The molecule has 0 radical (unpaired) electrons. The zero-order valence-corrected chi connectivity index (χ0v) is 87.7. The van der Waals surface area contributed by atoms with Crippen molar-refractivity contribution in [1.82, 2.24) is 0 Å². The van der Waals surface area contributed by atoms with Crippen LogP contribution < -0.4 is 0 Å². The number of hydrogen-bond donors (Lipinski definition) is 0. The van der Waals surface area contributed by atoms with E-state index in [2.05, 4.69) is 341 Å². The number of rotatable bonds is 3. The summed E-state index contributed by atoms with van der Waals surface area (Å²) < 4.78 is 69.4. The van der Waals surface area contributed by atoms with Gasteiger partial charge in [0, 0.05) is 63.8 Å². The molecule has 0 N–H and O–H groups in total. The largest absolute Gasteiger partial charge is 0.417 e. The molecular weight excluding hydrogens is 1600 g/mol. The standard InChI is InChI=1S/C18H20.C17H18.C14H14.C10H10S2.C8H16.C7H10S.C7H8.C4H3F5.C4H10.C4H8.C3H8.C2H6O.C2H6S.C2H8Si.3C2H6.CH3F/c1-5-13-7-9-15-14-8-6-12(2)10-16(14)18(3,4)17(15)11-13;1-11-5-7-13-14-8-6-12(2)10-16(14)17(3,4)15(13)9-11;1-11-3-7-13(8-4-11)14-9-5-12(2)6-10-14;1-7-3-5-9(11-7)10-6-4-8(2)12-10;1-8(2)6-4-3-5-7-8;1-5-4-6(2)8-7(5)3;1-7-5-3-2-4-6-7;1-2(3(5)6)4(7,8)9;1-4(2)3;1-3-4-2;4*1-3-2;4*1-2/h6-11H,5H2,1-4H3;5-10H,1-4H3;3-10H,1-2H3;3-6H,1-2H3;3-7H2,1-2H3;4H,1-3H3;2-6H,1H3;1H3;4H,1-3H3;3-4H,1-2H3;3H2,1-2H3;2*1-2H3;3H2,1-2H3;3*1-2H3;1H3/b;;;;;;;;;4-3+;;;;;;;;. The first-order valence-electron chi connectivity index (χ1n) is 43.7. The molecule has 0 aliphatic heterocycles. The second-order valence-corrected chi connectivity index (χ2v) is 37.9. The molecule has 0 unspecified atom stereocenters. The van der Waals surface area contributed by atoms with Gasteiger partial charge in [-0.1, -0.05) is 361 Å². The quantitative estimate of drug-likeness (QED) is 0.0991. The van der Waals surface area contributed by atoms with Gasteiger partial charge in [-0.2, -0.15) is 33.7 Å². The molecule has 1 nitrogen and oxygen atoms in total. The maximum Gasteiger partial charge on any atom is 0.417 e. The zero-order valence-electron chi connectivity index (χ0n) is 83.0. The Kier molecular flexibility index (Phi) is 70.5. The van der Waals surface area contributed by atoms with Crippen molar-refractivity contribution in [3.8, 4) is 43.1 Å². The van der Waals surface area contributed by atoms with Crippen LogP contribution in [-0.4, -0.2) is 49.6 Å². The minimum absolute atomic E-state index is 0.141. The van der Waals surface area contributed by atoms with E-state index in [1.165, 1.54) is 168 Å². The third-order valence-corrected chi connectivity index (χ3v) is 21.2. The highest BCUT2D eigenvalue weighted by atomic mass is 32.2. The van der Waals surface area contributed by atoms with Crippen LogP contribution in [0, 0.1) is 87.5 Å². The number of thiophene rings is 3. The lowest BCUT2D eigenvalue weighted by molar-refractivity contribution is -0.0947. The molecule has 0 bridgehead atoms. The van der Waals surface area contributed by atoms with Crippen LogP contribution in [-0.2, 0) is 22.0 Å². The molecule has 0 spiro atoms. The normalized spacial score (nSPS) is 11.9. The predicted octanol–water partition coefficient (Wildman–Crippen LogP) is 37.7. The van der Waals surface area contributed by atoms with Gasteiger partial charge in [-0.15, -0.1) is 34.0 Å². The number of ether oxygens (including phenoxy) is 1. The monoisotopic (exact) mass is 1760 g/mol. The highest BCUT2D eigenvalue weighted by Gasteiger charge is 2.37. The Morgan fingerprint density at radius 2 is 0.744 bits per heavy atom. The molecule has 678 valence electrons. The Morgan fingerprint density at radius 3 is 0.942 bits per heavy atom. The van der Waals surface area contributed by atoms with Crippen LogP contribution >= 0.6 is 45.8 Å². The molecule has 3 aromatic heterocycles. The fourth-order valence-electron chi connectivity index (χ4n) is 11.6. The van der Waals surface area contributed by atoms with Gasteiger partial charge >= 0.3 is 6.18 Å². The van der Waals surface area contributed by atoms with Crippen molar-refractivity contribution < 1.29 is 31.1 Å². The van der Waals surface area contributed by atoms with Gasteiger partial charge in [0.15, 0.2) is 0 Å². The van der Waals surface area contributed by atoms with Crippen LogP contribution in [0.1, 0.15) is 270 Å². The minimum Gasteiger partial charge on any atom is -0.388 e. The molecule has 12 heteroatoms. The summed E-state index contributed by atoms with van der Waals surface area (Å²) in [7, 11) is 4.17. The summed E-state index contributed by atoms with van der Waals surface area (Å²) in [6.07, 6.45) is 10.2. The lowest BCUT2D eigenvalue weighted by Crippen LogP contribution is -2.15. The van der Waals surface area contributed by atoms with Gasteiger partial charge in [0.1, 0.15) is 0 Å². The number of aryl methyl sites for hydroxylation is 12. The molecule has 3 aliphatic rings. The molecule has 3 aliphatic carbocycles. The number of halogens is 6. The van der Waals surface area contributed by atoms with Crippen LogP contribution in [0.15, 0.2) is 206 Å². The average Bonchev–Trinajstić information content (AvgIpc) is 1.59. The van der Waals surface area contributed by atoms with E-state index in [1.54, 1.807) is 26.0 Å². The van der Waals surface area contributed by atoms with Crippen molar-refractivity contribution >= 4 is 55.3 Å². The number of allylic oxidation sites excluding steroid dienone is 3. The number of hydrogen-bond acceptors (Lipinski definition) is 5. The second kappa shape index (κ2) is 69.5. The summed E-state index contributed by atoms with van der Waals surface area (Å²) in [6.45, 7) is 71.5. The smallest absolute Gasteiger partial charge is 0.388 e. The SMILES string of the molecule is C/C=C/C.CC.CC.CC.CC(=C(F)F)C(F)(F)F.CC(C)C.CC1(C)CCCCC1.CCC.CCc1ccc2c(c1)C(C)(C)c1cc(C)ccc1-2.CF.COC.CSC.C[SiH2]C.Cc1cc(C)c(C)s1.Cc1ccc(-c2ccc(C)cc2)cc1.Cc1ccc(-c2ccc(C)s2)s1.Cc1ccc2c(c1)C(C)(C)c1cc(C)ccc1-2.Cc1ccccc1. The third kappa shape index (κ3) is 50.7. The molecule has 10 aromatic rings. The third-order valence-electron chi connectivity index (χ3n) is 17.9. The first kappa shape index (κ1) is 123. The van der Waals surface area contributed by atoms with E-state index in [0.29, 0.717) is 29.0 Å². The fraction of sp³-hybridized carbons (Fsp3) is 0.468. The number of fused-ring (bicyclic) bond motifs is 6. The summed E-state index contributed by atoms with van der Waals surface area (Å²) in [5.74, 6) is 0.833. The van der Waals surface area contributed by atoms with Crippen molar-refractivity contribution in [2.24, 2.45) is 11.3 Å². The summed E-state index contributed by atoms with van der Waals surface area (Å²) >= 11 is 7.35. The van der Waals surface area contributed by atoms with E-state index in [9.17, 15) is 26.3 Å². The molecular formula is C109H166F6OS4Si. The molecule has 3 heterocycles. The Morgan fingerprint density at radius 1 is 0.455 bits per heavy atom. The van der Waals surface area contributed by atoms with Crippen molar-refractivity contribution in [2.45, 2.75) is 297 Å². The number of thioether (sulfide) groups is 1. The van der Waals surface area contributed by atoms with Crippen LogP contribution in [0.5, 0.6) is 0 Å². The number of alkyl halides is 4. The molecule has 1 saturated carbocycles. The maximum absolute atomic E-state index is 11.2. The van der Waals surface area contributed by atoms with Crippen LogP contribution in [0.4, 0.5) is 26.3 Å². The summed E-state index contributed by atoms with van der Waals surface area (Å²) in [5, 5.41) is 0. The summed E-state index contributed by atoms with van der Waals surface area (Å²) in [4.78, 5) is 8.42. The van der Waals surface area contributed by atoms with Gasteiger partial charge in [-0.25, -0.2) is 0 Å². The molecule has 7 aromatic carbocycles. The van der Waals surface area contributed by atoms with Crippen molar-refractivity contribution in [3.05, 3.63) is 292 Å². The van der Waals surface area contributed by atoms with Gasteiger partial charge in [-0.3, -0.25) is 4.39 Å². The zero-order chi connectivity index (χ0) is 94.4. The van der Waals surface area contributed by atoms with E-state index in [4.69, 9.17) is 0 Å².